The number of carbonyl (C=O) groups is 2. The Bertz CT molecular complexity index is 805. The molecule has 5 heteroatoms. The zero-order valence-corrected chi connectivity index (χ0v) is 19.3. The number of hydrogen-bond acceptors (Lipinski definition) is 3. The van der Waals surface area contributed by atoms with E-state index in [2.05, 4.69) is 12.2 Å². The fourth-order valence-corrected chi connectivity index (χ4v) is 3.39. The van der Waals surface area contributed by atoms with Gasteiger partial charge in [0.25, 0.3) is 5.91 Å². The van der Waals surface area contributed by atoms with E-state index in [1.165, 1.54) is 5.56 Å². The van der Waals surface area contributed by atoms with Crippen LogP contribution in [0.2, 0.25) is 0 Å². The standard InChI is InChI=1S/C26H36N2O3/c1-5-20(4)27-26(30)24(7-3)28(18-17-22-11-9-8-10-12-22)25(29)19-31-23-15-13-21(6-2)14-16-23/h8-16,20,24H,5-7,17-19H2,1-4H3,(H,27,30). The average molecular weight is 425 g/mol. The van der Waals surface area contributed by atoms with Gasteiger partial charge in [-0.1, -0.05) is 63.2 Å². The van der Waals surface area contributed by atoms with Crippen molar-refractivity contribution in [1.82, 2.24) is 10.2 Å². The predicted molar refractivity (Wildman–Crippen MR) is 125 cm³/mol. The van der Waals surface area contributed by atoms with E-state index < -0.39 is 6.04 Å². The van der Waals surface area contributed by atoms with Gasteiger partial charge in [-0.25, -0.2) is 0 Å². The van der Waals surface area contributed by atoms with Crippen molar-refractivity contribution in [2.24, 2.45) is 0 Å². The highest BCUT2D eigenvalue weighted by molar-refractivity contribution is 5.88. The van der Waals surface area contributed by atoms with Crippen molar-refractivity contribution in [3.8, 4) is 5.75 Å². The van der Waals surface area contributed by atoms with E-state index in [0.29, 0.717) is 25.1 Å². The summed E-state index contributed by atoms with van der Waals surface area (Å²) in [5, 5.41) is 3.03. The minimum atomic E-state index is -0.517. The Labute approximate surface area is 186 Å². The molecule has 1 N–H and O–H groups in total. The number of nitrogens with zero attached hydrogens (tertiary/aromatic N) is 1. The van der Waals surface area contributed by atoms with Crippen molar-refractivity contribution >= 4 is 11.8 Å². The summed E-state index contributed by atoms with van der Waals surface area (Å²) in [7, 11) is 0. The first kappa shape index (κ1) is 24.4. The highest BCUT2D eigenvalue weighted by Gasteiger charge is 2.29. The number of amides is 2. The highest BCUT2D eigenvalue weighted by atomic mass is 16.5. The number of rotatable bonds is 12. The molecule has 0 heterocycles. The summed E-state index contributed by atoms with van der Waals surface area (Å²) in [5.74, 6) is 0.373. The molecule has 31 heavy (non-hydrogen) atoms. The average Bonchev–Trinajstić information content (AvgIpc) is 2.80. The molecule has 0 spiro atoms. The van der Waals surface area contributed by atoms with E-state index in [9.17, 15) is 9.59 Å². The summed E-state index contributed by atoms with van der Waals surface area (Å²) in [4.78, 5) is 27.7. The van der Waals surface area contributed by atoms with E-state index in [-0.39, 0.29) is 24.5 Å². The molecule has 2 aromatic rings. The second kappa shape index (κ2) is 12.8. The number of hydrogen-bond donors (Lipinski definition) is 1. The molecular weight excluding hydrogens is 388 g/mol. The van der Waals surface area contributed by atoms with Crippen LogP contribution in [0.1, 0.15) is 51.7 Å². The maximum atomic E-state index is 13.1. The second-order valence-electron chi connectivity index (χ2n) is 7.85. The van der Waals surface area contributed by atoms with Gasteiger partial charge in [-0.2, -0.15) is 0 Å². The Morgan fingerprint density at radius 2 is 1.61 bits per heavy atom. The molecule has 0 radical (unpaired) electrons. The fraction of sp³-hybridized carbons (Fsp3) is 0.462. The number of ether oxygens (including phenoxy) is 1. The third kappa shape index (κ3) is 7.74. The Kier molecular flexibility index (Phi) is 10.1. The number of benzene rings is 2. The number of nitrogens with one attached hydrogen (secondary N) is 1. The lowest BCUT2D eigenvalue weighted by molar-refractivity contribution is -0.142. The first-order valence-corrected chi connectivity index (χ1v) is 11.3. The number of aryl methyl sites for hydroxylation is 1. The minimum absolute atomic E-state index is 0.0703. The van der Waals surface area contributed by atoms with Crippen LogP contribution in [0.4, 0.5) is 0 Å². The zero-order chi connectivity index (χ0) is 22.6. The lowest BCUT2D eigenvalue weighted by Gasteiger charge is -2.31. The smallest absolute Gasteiger partial charge is 0.261 e. The van der Waals surface area contributed by atoms with Crippen LogP contribution in [0.25, 0.3) is 0 Å². The van der Waals surface area contributed by atoms with Crippen LogP contribution in [0.15, 0.2) is 54.6 Å². The van der Waals surface area contributed by atoms with Crippen LogP contribution in [-0.2, 0) is 22.4 Å². The first-order valence-electron chi connectivity index (χ1n) is 11.3. The molecule has 168 valence electrons. The molecule has 0 saturated heterocycles. The summed E-state index contributed by atoms with van der Waals surface area (Å²) in [6.45, 7) is 8.42. The molecule has 2 rings (SSSR count). The lowest BCUT2D eigenvalue weighted by atomic mass is 10.1. The van der Waals surface area contributed by atoms with E-state index in [1.54, 1.807) is 4.90 Å². The van der Waals surface area contributed by atoms with Gasteiger partial charge >= 0.3 is 0 Å². The molecular formula is C26H36N2O3. The molecule has 2 unspecified atom stereocenters. The van der Waals surface area contributed by atoms with Gasteiger partial charge in [0.1, 0.15) is 11.8 Å². The summed E-state index contributed by atoms with van der Waals surface area (Å²) in [6, 6.07) is 17.3. The predicted octanol–water partition coefficient (Wildman–Crippen LogP) is 4.39. The van der Waals surface area contributed by atoms with E-state index in [0.717, 1.165) is 18.4 Å². The molecule has 2 aromatic carbocycles. The topological polar surface area (TPSA) is 58.6 Å². The largest absolute Gasteiger partial charge is 0.484 e. The molecule has 5 nitrogen and oxygen atoms in total. The SMILES string of the molecule is CCc1ccc(OCC(=O)N(CCc2ccccc2)C(CC)C(=O)NC(C)CC)cc1. The Morgan fingerprint density at radius 1 is 0.935 bits per heavy atom. The van der Waals surface area contributed by atoms with Crippen LogP contribution >= 0.6 is 0 Å². The lowest BCUT2D eigenvalue weighted by Crippen LogP contribution is -2.52. The summed E-state index contributed by atoms with van der Waals surface area (Å²) >= 11 is 0. The molecule has 2 atom stereocenters. The van der Waals surface area contributed by atoms with Gasteiger partial charge in [0.15, 0.2) is 6.61 Å². The highest BCUT2D eigenvalue weighted by Crippen LogP contribution is 2.14. The quantitative estimate of drug-likeness (QED) is 0.550. The Hall–Kier alpha value is -2.82. The zero-order valence-electron chi connectivity index (χ0n) is 19.3. The van der Waals surface area contributed by atoms with Crippen molar-refractivity contribution in [2.45, 2.75) is 65.5 Å². The first-order chi connectivity index (χ1) is 15.0. The van der Waals surface area contributed by atoms with Gasteiger partial charge in [-0.3, -0.25) is 9.59 Å². The Morgan fingerprint density at radius 3 is 2.19 bits per heavy atom. The monoisotopic (exact) mass is 424 g/mol. The minimum Gasteiger partial charge on any atom is -0.484 e. The van der Waals surface area contributed by atoms with E-state index >= 15 is 0 Å². The van der Waals surface area contributed by atoms with E-state index in [4.69, 9.17) is 4.74 Å². The van der Waals surface area contributed by atoms with Gasteiger partial charge in [-0.15, -0.1) is 0 Å². The molecule has 0 aromatic heterocycles. The van der Waals surface area contributed by atoms with Crippen LogP contribution in [0, 0.1) is 0 Å². The van der Waals surface area contributed by atoms with Crippen LogP contribution in [0.3, 0.4) is 0 Å². The molecule has 0 aliphatic carbocycles. The third-order valence-electron chi connectivity index (χ3n) is 5.57. The maximum absolute atomic E-state index is 13.1. The van der Waals surface area contributed by atoms with Crippen molar-refractivity contribution < 1.29 is 14.3 Å². The van der Waals surface area contributed by atoms with Crippen molar-refractivity contribution in [2.75, 3.05) is 13.2 Å². The van der Waals surface area contributed by atoms with Gasteiger partial charge in [0.05, 0.1) is 0 Å². The van der Waals surface area contributed by atoms with Gasteiger partial charge in [0, 0.05) is 12.6 Å². The van der Waals surface area contributed by atoms with Gasteiger partial charge < -0.3 is 15.0 Å². The van der Waals surface area contributed by atoms with Gasteiger partial charge in [-0.05, 0) is 55.9 Å². The van der Waals surface area contributed by atoms with Crippen molar-refractivity contribution in [3.63, 3.8) is 0 Å². The molecule has 2 amide bonds. The van der Waals surface area contributed by atoms with E-state index in [1.807, 2.05) is 75.4 Å². The summed E-state index contributed by atoms with van der Waals surface area (Å²) in [5.41, 5.74) is 2.35. The van der Waals surface area contributed by atoms with Crippen LogP contribution in [0.5, 0.6) is 5.75 Å². The second-order valence-corrected chi connectivity index (χ2v) is 7.85. The Balaban J connectivity index is 2.11. The molecule has 0 aliphatic heterocycles. The van der Waals surface area contributed by atoms with Crippen LogP contribution in [-0.4, -0.2) is 41.9 Å². The molecule has 0 fully saturated rings. The molecule has 0 saturated carbocycles. The third-order valence-corrected chi connectivity index (χ3v) is 5.57. The fourth-order valence-electron chi connectivity index (χ4n) is 3.39. The molecule has 0 bridgehead atoms. The van der Waals surface area contributed by atoms with Crippen molar-refractivity contribution in [3.05, 3.63) is 65.7 Å². The normalized spacial score (nSPS) is 12.6. The summed E-state index contributed by atoms with van der Waals surface area (Å²) < 4.78 is 5.75. The summed E-state index contributed by atoms with van der Waals surface area (Å²) in [6.07, 6.45) is 3.03. The number of carbonyl (C=O) groups excluding carboxylic acids is 2. The van der Waals surface area contributed by atoms with Crippen molar-refractivity contribution in [1.29, 1.82) is 0 Å². The van der Waals surface area contributed by atoms with Crippen LogP contribution < -0.4 is 10.1 Å². The maximum Gasteiger partial charge on any atom is 0.261 e. The molecule has 0 aliphatic rings. The van der Waals surface area contributed by atoms with Gasteiger partial charge in [0.2, 0.25) is 5.91 Å².